The second kappa shape index (κ2) is 5.42. The smallest absolute Gasteiger partial charge is 0.250 e. The molecule has 1 aliphatic heterocycles. The summed E-state index contributed by atoms with van der Waals surface area (Å²) >= 11 is 0. The van der Waals surface area contributed by atoms with Crippen molar-refractivity contribution in [1.82, 2.24) is 0 Å². The lowest BCUT2D eigenvalue weighted by atomic mass is 9.97. The monoisotopic (exact) mass is 246 g/mol. The molecule has 0 bridgehead atoms. The van der Waals surface area contributed by atoms with Gasteiger partial charge in [-0.15, -0.1) is 0 Å². The van der Waals surface area contributed by atoms with Gasteiger partial charge in [-0.05, 0) is 36.8 Å². The van der Waals surface area contributed by atoms with E-state index < -0.39 is 0 Å². The molecule has 1 atom stereocenters. The Morgan fingerprint density at radius 1 is 1.44 bits per heavy atom. The molecule has 0 saturated carbocycles. The molecule has 3 heteroatoms. The maximum Gasteiger partial charge on any atom is 0.250 e. The molecule has 1 aromatic carbocycles. The van der Waals surface area contributed by atoms with Crippen LogP contribution in [0.5, 0.6) is 0 Å². The summed E-state index contributed by atoms with van der Waals surface area (Å²) in [5.74, 6) is 1.14. The summed E-state index contributed by atoms with van der Waals surface area (Å²) in [6.45, 7) is 6.60. The van der Waals surface area contributed by atoms with E-state index in [-0.39, 0.29) is 5.91 Å². The second-order valence-corrected chi connectivity index (χ2v) is 5.61. The van der Waals surface area contributed by atoms with E-state index in [4.69, 9.17) is 5.73 Å². The van der Waals surface area contributed by atoms with Crippen molar-refractivity contribution in [1.29, 1.82) is 0 Å². The lowest BCUT2D eigenvalue weighted by Gasteiger charge is -2.21. The van der Waals surface area contributed by atoms with Crippen molar-refractivity contribution in [2.24, 2.45) is 17.6 Å². The Hall–Kier alpha value is -1.51. The zero-order chi connectivity index (χ0) is 13.1. The number of primary amides is 1. The van der Waals surface area contributed by atoms with Crippen LogP contribution >= 0.6 is 0 Å². The van der Waals surface area contributed by atoms with Gasteiger partial charge in [-0.25, -0.2) is 0 Å². The number of nitrogens with zero attached hydrogens (tertiary/aromatic N) is 1. The Labute approximate surface area is 109 Å². The van der Waals surface area contributed by atoms with E-state index in [1.54, 1.807) is 0 Å². The summed E-state index contributed by atoms with van der Waals surface area (Å²) in [5, 5.41) is 0. The molecular weight excluding hydrogens is 224 g/mol. The van der Waals surface area contributed by atoms with Gasteiger partial charge in [0, 0.05) is 18.8 Å². The quantitative estimate of drug-likeness (QED) is 0.887. The Morgan fingerprint density at radius 3 is 2.83 bits per heavy atom. The maximum absolute atomic E-state index is 11.4. The lowest BCUT2D eigenvalue weighted by molar-refractivity contribution is 0.100. The standard InChI is InChI=1S/C15H22N2O/c1-11(2)9-12-7-8-17(10-12)14-6-4-3-5-13(14)15(16)18/h3-6,11-12H,7-10H2,1-2H3,(H2,16,18). The number of anilines is 1. The van der Waals surface area contributed by atoms with Gasteiger partial charge in [-0.1, -0.05) is 26.0 Å². The van der Waals surface area contributed by atoms with E-state index in [1.165, 1.54) is 12.8 Å². The van der Waals surface area contributed by atoms with E-state index in [0.717, 1.165) is 30.6 Å². The number of para-hydroxylation sites is 1. The highest BCUT2D eigenvalue weighted by Crippen LogP contribution is 2.29. The minimum Gasteiger partial charge on any atom is -0.371 e. The Kier molecular flexibility index (Phi) is 3.90. The minimum atomic E-state index is -0.335. The Balaban J connectivity index is 2.12. The second-order valence-electron chi connectivity index (χ2n) is 5.61. The highest BCUT2D eigenvalue weighted by Gasteiger charge is 2.25. The molecule has 3 nitrogen and oxygen atoms in total. The summed E-state index contributed by atoms with van der Waals surface area (Å²) in [4.78, 5) is 13.7. The third-order valence-electron chi connectivity index (χ3n) is 3.60. The molecule has 0 radical (unpaired) electrons. The van der Waals surface area contributed by atoms with Crippen molar-refractivity contribution in [3.05, 3.63) is 29.8 Å². The fourth-order valence-corrected chi connectivity index (χ4v) is 2.87. The molecule has 98 valence electrons. The molecule has 1 saturated heterocycles. The highest BCUT2D eigenvalue weighted by atomic mass is 16.1. The van der Waals surface area contributed by atoms with Crippen LogP contribution in [0.4, 0.5) is 5.69 Å². The minimum absolute atomic E-state index is 0.335. The van der Waals surface area contributed by atoms with Gasteiger partial charge in [0.25, 0.3) is 5.91 Å². The zero-order valence-electron chi connectivity index (χ0n) is 11.2. The van der Waals surface area contributed by atoms with Gasteiger partial charge in [0.2, 0.25) is 0 Å². The predicted molar refractivity (Wildman–Crippen MR) is 74.7 cm³/mol. The van der Waals surface area contributed by atoms with Crippen LogP contribution in [0.15, 0.2) is 24.3 Å². The summed E-state index contributed by atoms with van der Waals surface area (Å²) in [6.07, 6.45) is 2.47. The van der Waals surface area contributed by atoms with E-state index >= 15 is 0 Å². The topological polar surface area (TPSA) is 46.3 Å². The van der Waals surface area contributed by atoms with Crippen LogP contribution in [0.25, 0.3) is 0 Å². The van der Waals surface area contributed by atoms with Crippen molar-refractivity contribution in [3.8, 4) is 0 Å². The van der Waals surface area contributed by atoms with Gasteiger partial charge in [0.05, 0.1) is 5.56 Å². The summed E-state index contributed by atoms with van der Waals surface area (Å²) in [7, 11) is 0. The molecule has 1 unspecified atom stereocenters. The number of amides is 1. The number of carbonyl (C=O) groups excluding carboxylic acids is 1. The van der Waals surface area contributed by atoms with E-state index in [2.05, 4.69) is 18.7 Å². The molecule has 1 aliphatic rings. The first-order valence-electron chi connectivity index (χ1n) is 6.71. The van der Waals surface area contributed by atoms with Gasteiger partial charge in [0.15, 0.2) is 0 Å². The number of nitrogens with two attached hydrogens (primary N) is 1. The van der Waals surface area contributed by atoms with Gasteiger partial charge < -0.3 is 10.6 Å². The van der Waals surface area contributed by atoms with Crippen LogP contribution in [0, 0.1) is 11.8 Å². The average Bonchev–Trinajstić information content (AvgIpc) is 2.76. The third-order valence-corrected chi connectivity index (χ3v) is 3.60. The first-order valence-corrected chi connectivity index (χ1v) is 6.71. The van der Waals surface area contributed by atoms with Crippen molar-refractivity contribution in [2.75, 3.05) is 18.0 Å². The molecule has 0 aromatic heterocycles. The fourth-order valence-electron chi connectivity index (χ4n) is 2.87. The molecule has 1 amide bonds. The number of hydrogen-bond acceptors (Lipinski definition) is 2. The van der Waals surface area contributed by atoms with Gasteiger partial charge in [0.1, 0.15) is 0 Å². The SMILES string of the molecule is CC(C)CC1CCN(c2ccccc2C(N)=O)C1. The van der Waals surface area contributed by atoms with Crippen molar-refractivity contribution in [3.63, 3.8) is 0 Å². The summed E-state index contributed by atoms with van der Waals surface area (Å²) < 4.78 is 0. The Morgan fingerprint density at radius 2 is 2.17 bits per heavy atom. The van der Waals surface area contributed by atoms with Crippen LogP contribution in [0.2, 0.25) is 0 Å². The highest BCUT2D eigenvalue weighted by molar-refractivity contribution is 5.98. The Bertz CT molecular complexity index is 428. The number of hydrogen-bond donors (Lipinski definition) is 1. The van der Waals surface area contributed by atoms with Gasteiger partial charge in [-0.2, -0.15) is 0 Å². The van der Waals surface area contributed by atoms with Crippen molar-refractivity contribution < 1.29 is 4.79 Å². The predicted octanol–water partition coefficient (Wildman–Crippen LogP) is 2.66. The first kappa shape index (κ1) is 12.9. The van der Waals surface area contributed by atoms with Crippen LogP contribution in [0.1, 0.15) is 37.0 Å². The molecule has 1 fully saturated rings. The van der Waals surface area contributed by atoms with E-state index in [0.29, 0.717) is 5.56 Å². The van der Waals surface area contributed by atoms with Crippen LogP contribution < -0.4 is 10.6 Å². The fraction of sp³-hybridized carbons (Fsp3) is 0.533. The summed E-state index contributed by atoms with van der Waals surface area (Å²) in [6, 6.07) is 7.65. The zero-order valence-corrected chi connectivity index (χ0v) is 11.2. The normalized spacial score (nSPS) is 19.5. The molecule has 1 heterocycles. The van der Waals surface area contributed by atoms with Crippen LogP contribution in [0.3, 0.4) is 0 Å². The van der Waals surface area contributed by atoms with E-state index in [9.17, 15) is 4.79 Å². The first-order chi connectivity index (χ1) is 8.58. The van der Waals surface area contributed by atoms with Crippen LogP contribution in [-0.2, 0) is 0 Å². The van der Waals surface area contributed by atoms with E-state index in [1.807, 2.05) is 24.3 Å². The molecule has 2 N–H and O–H groups in total. The number of rotatable bonds is 4. The van der Waals surface area contributed by atoms with Crippen LogP contribution in [-0.4, -0.2) is 19.0 Å². The molecular formula is C15H22N2O. The average molecular weight is 246 g/mol. The van der Waals surface area contributed by atoms with Crippen molar-refractivity contribution >= 4 is 11.6 Å². The largest absolute Gasteiger partial charge is 0.371 e. The maximum atomic E-state index is 11.4. The van der Waals surface area contributed by atoms with Gasteiger partial charge >= 0.3 is 0 Å². The molecule has 1 aromatic rings. The number of carbonyl (C=O) groups is 1. The molecule has 0 spiro atoms. The molecule has 0 aliphatic carbocycles. The molecule has 2 rings (SSSR count). The lowest BCUT2D eigenvalue weighted by Crippen LogP contribution is -2.24. The molecule has 18 heavy (non-hydrogen) atoms. The number of benzene rings is 1. The summed E-state index contributed by atoms with van der Waals surface area (Å²) in [5.41, 5.74) is 7.07. The third kappa shape index (κ3) is 2.84. The van der Waals surface area contributed by atoms with Crippen molar-refractivity contribution in [2.45, 2.75) is 26.7 Å². The van der Waals surface area contributed by atoms with Gasteiger partial charge in [-0.3, -0.25) is 4.79 Å².